The quantitative estimate of drug-likeness (QED) is 0.666. The van der Waals surface area contributed by atoms with Gasteiger partial charge in [0.15, 0.2) is 0 Å². The van der Waals surface area contributed by atoms with Crippen LogP contribution in [0.4, 0.5) is 0 Å². The minimum absolute atomic E-state index is 0.250. The molecule has 0 bridgehead atoms. The van der Waals surface area contributed by atoms with E-state index in [-0.39, 0.29) is 12.0 Å². The van der Waals surface area contributed by atoms with E-state index in [0.717, 1.165) is 24.3 Å². The predicted molar refractivity (Wildman–Crippen MR) is 74.2 cm³/mol. The first-order chi connectivity index (χ1) is 9.19. The second-order valence-electron chi connectivity index (χ2n) is 5.40. The van der Waals surface area contributed by atoms with Gasteiger partial charge in [-0.3, -0.25) is 0 Å². The molecule has 1 saturated carbocycles. The molecule has 0 heterocycles. The summed E-state index contributed by atoms with van der Waals surface area (Å²) >= 11 is 0. The van der Waals surface area contributed by atoms with Crippen molar-refractivity contribution in [3.8, 4) is 5.75 Å². The first-order valence-corrected chi connectivity index (χ1v) is 6.83. The number of aliphatic hydroxyl groups is 2. The van der Waals surface area contributed by atoms with Gasteiger partial charge >= 0.3 is 0 Å². The van der Waals surface area contributed by atoms with Crippen LogP contribution in [-0.2, 0) is 0 Å². The Hall–Kier alpha value is -1.10. The maximum Gasteiger partial charge on any atom is 0.119 e. The van der Waals surface area contributed by atoms with Gasteiger partial charge in [0.2, 0.25) is 0 Å². The highest BCUT2D eigenvalue weighted by atomic mass is 16.5. The van der Waals surface area contributed by atoms with E-state index < -0.39 is 6.10 Å². The Morgan fingerprint density at radius 2 is 2.21 bits per heavy atom. The molecule has 0 radical (unpaired) electrons. The van der Waals surface area contributed by atoms with Crippen LogP contribution in [0.5, 0.6) is 5.75 Å². The summed E-state index contributed by atoms with van der Waals surface area (Å²) in [4.78, 5) is 0. The maximum absolute atomic E-state index is 10.1. The Kier molecular flexibility index (Phi) is 4.80. The van der Waals surface area contributed by atoms with Gasteiger partial charge in [0, 0.05) is 19.7 Å². The summed E-state index contributed by atoms with van der Waals surface area (Å²) in [5.41, 5.74) is 1.14. The fraction of sp³-hybridized carbons (Fsp3) is 0.600. The molecule has 1 unspecified atom stereocenters. The summed E-state index contributed by atoms with van der Waals surface area (Å²) < 4.78 is 5.15. The molecule has 1 aliphatic carbocycles. The maximum atomic E-state index is 10.1. The van der Waals surface area contributed by atoms with Crippen LogP contribution < -0.4 is 10.1 Å². The summed E-state index contributed by atoms with van der Waals surface area (Å²) in [5.74, 6) is 0.760. The van der Waals surface area contributed by atoms with Crippen LogP contribution in [0.1, 0.15) is 30.9 Å². The fourth-order valence-corrected chi connectivity index (χ4v) is 2.37. The Balaban J connectivity index is 1.79. The molecular formula is C15H23NO3. The minimum atomic E-state index is -0.528. The average Bonchev–Trinajstić information content (AvgIpc) is 3.19. The first-order valence-electron chi connectivity index (χ1n) is 6.83. The van der Waals surface area contributed by atoms with Crippen molar-refractivity contribution in [3.63, 3.8) is 0 Å². The van der Waals surface area contributed by atoms with E-state index in [2.05, 4.69) is 5.32 Å². The van der Waals surface area contributed by atoms with Gasteiger partial charge in [0.25, 0.3) is 0 Å². The average molecular weight is 265 g/mol. The van der Waals surface area contributed by atoms with Gasteiger partial charge in [-0.15, -0.1) is 0 Å². The number of nitrogens with one attached hydrogen (secondary N) is 1. The zero-order valence-electron chi connectivity index (χ0n) is 11.4. The van der Waals surface area contributed by atoms with Crippen molar-refractivity contribution < 1.29 is 14.9 Å². The number of hydrogen-bond acceptors (Lipinski definition) is 4. The smallest absolute Gasteiger partial charge is 0.119 e. The van der Waals surface area contributed by atoms with Crippen LogP contribution in [0.25, 0.3) is 0 Å². The van der Waals surface area contributed by atoms with Crippen molar-refractivity contribution in [3.05, 3.63) is 29.8 Å². The van der Waals surface area contributed by atoms with E-state index in [4.69, 9.17) is 9.84 Å². The molecule has 1 aromatic carbocycles. The Morgan fingerprint density at radius 1 is 1.42 bits per heavy atom. The summed E-state index contributed by atoms with van der Waals surface area (Å²) in [5, 5.41) is 22.4. The molecule has 0 aromatic heterocycles. The van der Waals surface area contributed by atoms with Gasteiger partial charge < -0.3 is 20.3 Å². The van der Waals surface area contributed by atoms with E-state index in [9.17, 15) is 5.11 Å². The van der Waals surface area contributed by atoms with Crippen LogP contribution in [0.15, 0.2) is 24.3 Å². The summed E-state index contributed by atoms with van der Waals surface area (Å²) in [6, 6.07) is 7.50. The van der Waals surface area contributed by atoms with Crippen LogP contribution in [0.3, 0.4) is 0 Å². The number of rotatable bonds is 8. The van der Waals surface area contributed by atoms with Crippen molar-refractivity contribution in [2.45, 2.75) is 25.4 Å². The van der Waals surface area contributed by atoms with Crippen molar-refractivity contribution >= 4 is 0 Å². The minimum Gasteiger partial charge on any atom is -0.497 e. The number of methoxy groups -OCH3 is 1. The van der Waals surface area contributed by atoms with Crippen LogP contribution in [0, 0.1) is 5.41 Å². The molecule has 1 atom stereocenters. The molecule has 3 N–H and O–H groups in total. The lowest BCUT2D eigenvalue weighted by Gasteiger charge is -2.17. The lowest BCUT2D eigenvalue weighted by molar-refractivity contribution is 0.169. The standard InChI is InChI=1S/C15H23NO3/c1-19-13-4-2-3-12(9-13)14(18)10-16-11-15(5-6-15)7-8-17/h2-4,9,14,16-18H,5-8,10-11H2,1H3. The third-order valence-electron chi connectivity index (χ3n) is 3.92. The Morgan fingerprint density at radius 3 is 2.84 bits per heavy atom. The molecule has 0 aliphatic heterocycles. The Labute approximate surface area is 114 Å². The number of aliphatic hydroxyl groups excluding tert-OH is 2. The van der Waals surface area contributed by atoms with Crippen LogP contribution in [-0.4, -0.2) is 37.0 Å². The molecule has 0 saturated heterocycles. The zero-order chi connectivity index (χ0) is 13.7. The van der Waals surface area contributed by atoms with E-state index in [1.54, 1.807) is 7.11 Å². The normalized spacial score (nSPS) is 18.1. The highest BCUT2D eigenvalue weighted by molar-refractivity contribution is 5.29. The summed E-state index contributed by atoms with van der Waals surface area (Å²) in [7, 11) is 1.62. The lowest BCUT2D eigenvalue weighted by atomic mass is 10.0. The number of ether oxygens (including phenoxy) is 1. The van der Waals surface area contributed by atoms with Gasteiger partial charge in [-0.2, -0.15) is 0 Å². The molecule has 2 rings (SSSR count). The second kappa shape index (κ2) is 6.37. The van der Waals surface area contributed by atoms with Crippen molar-refractivity contribution in [2.75, 3.05) is 26.8 Å². The highest BCUT2D eigenvalue weighted by Gasteiger charge is 2.41. The molecular weight excluding hydrogens is 242 g/mol. The molecule has 4 nitrogen and oxygen atoms in total. The summed E-state index contributed by atoms with van der Waals surface area (Å²) in [6.45, 7) is 1.65. The van der Waals surface area contributed by atoms with Crippen LogP contribution in [0.2, 0.25) is 0 Å². The molecule has 0 spiro atoms. The molecule has 0 amide bonds. The fourth-order valence-electron chi connectivity index (χ4n) is 2.37. The third kappa shape index (κ3) is 3.93. The molecule has 106 valence electrons. The Bertz CT molecular complexity index is 404. The molecule has 1 aliphatic rings. The molecule has 1 fully saturated rings. The van der Waals surface area contributed by atoms with Gasteiger partial charge in [-0.25, -0.2) is 0 Å². The van der Waals surface area contributed by atoms with E-state index in [1.165, 1.54) is 12.8 Å². The highest BCUT2D eigenvalue weighted by Crippen LogP contribution is 2.47. The molecule has 19 heavy (non-hydrogen) atoms. The van der Waals surface area contributed by atoms with E-state index in [0.29, 0.717) is 6.54 Å². The molecule has 1 aromatic rings. The largest absolute Gasteiger partial charge is 0.497 e. The van der Waals surface area contributed by atoms with Gasteiger partial charge in [-0.05, 0) is 42.4 Å². The summed E-state index contributed by atoms with van der Waals surface area (Å²) in [6.07, 6.45) is 2.68. The monoisotopic (exact) mass is 265 g/mol. The van der Waals surface area contributed by atoms with E-state index in [1.807, 2.05) is 24.3 Å². The predicted octanol–water partition coefficient (Wildman–Crippen LogP) is 1.48. The van der Waals surface area contributed by atoms with Crippen molar-refractivity contribution in [1.82, 2.24) is 5.32 Å². The topological polar surface area (TPSA) is 61.7 Å². The SMILES string of the molecule is COc1cccc(C(O)CNCC2(CCO)CC2)c1. The lowest BCUT2D eigenvalue weighted by Crippen LogP contribution is -2.28. The zero-order valence-corrected chi connectivity index (χ0v) is 11.4. The van der Waals surface area contributed by atoms with Crippen molar-refractivity contribution in [1.29, 1.82) is 0 Å². The number of benzene rings is 1. The van der Waals surface area contributed by atoms with Gasteiger partial charge in [0.05, 0.1) is 13.2 Å². The van der Waals surface area contributed by atoms with Crippen LogP contribution >= 0.6 is 0 Å². The third-order valence-corrected chi connectivity index (χ3v) is 3.92. The molecule has 4 heteroatoms. The van der Waals surface area contributed by atoms with Gasteiger partial charge in [0.1, 0.15) is 5.75 Å². The first kappa shape index (κ1) is 14.3. The van der Waals surface area contributed by atoms with Crippen molar-refractivity contribution in [2.24, 2.45) is 5.41 Å². The van der Waals surface area contributed by atoms with E-state index >= 15 is 0 Å². The second-order valence-corrected chi connectivity index (χ2v) is 5.40. The number of hydrogen-bond donors (Lipinski definition) is 3. The van der Waals surface area contributed by atoms with Gasteiger partial charge in [-0.1, -0.05) is 12.1 Å².